The molecule has 0 amide bonds. The number of aromatic nitrogens is 1. The highest BCUT2D eigenvalue weighted by atomic mass is 32.2. The van der Waals surface area contributed by atoms with Gasteiger partial charge in [-0.25, -0.2) is 4.98 Å². The standard InChI is InChI=1S/C16H20N2S/c1-12-7-8-13(2)14(10-12)15(17-3)11-19-16-6-4-5-9-18-16/h4-10,15,17H,11H2,1-3H3. The van der Waals surface area contributed by atoms with Gasteiger partial charge in [-0.3, -0.25) is 0 Å². The monoisotopic (exact) mass is 272 g/mol. The topological polar surface area (TPSA) is 24.9 Å². The number of rotatable bonds is 5. The van der Waals surface area contributed by atoms with Crippen molar-refractivity contribution < 1.29 is 0 Å². The lowest BCUT2D eigenvalue weighted by atomic mass is 10.0. The zero-order valence-corrected chi connectivity index (χ0v) is 12.5. The molecule has 0 radical (unpaired) electrons. The minimum Gasteiger partial charge on any atom is -0.312 e. The highest BCUT2D eigenvalue weighted by Gasteiger charge is 2.12. The van der Waals surface area contributed by atoms with E-state index in [1.54, 1.807) is 11.8 Å². The first-order valence-corrected chi connectivity index (χ1v) is 7.47. The Labute approximate surface area is 119 Å². The number of hydrogen-bond donors (Lipinski definition) is 1. The van der Waals surface area contributed by atoms with Gasteiger partial charge in [-0.2, -0.15) is 0 Å². The lowest BCUT2D eigenvalue weighted by molar-refractivity contribution is 0.657. The number of thioether (sulfide) groups is 1. The SMILES string of the molecule is CNC(CSc1ccccn1)c1cc(C)ccc1C. The Balaban J connectivity index is 2.10. The van der Waals surface area contributed by atoms with Crippen LogP contribution in [0.5, 0.6) is 0 Å². The van der Waals surface area contributed by atoms with Crippen molar-refractivity contribution in [2.45, 2.75) is 24.9 Å². The van der Waals surface area contributed by atoms with Gasteiger partial charge in [0.25, 0.3) is 0 Å². The van der Waals surface area contributed by atoms with Crippen molar-refractivity contribution in [2.75, 3.05) is 12.8 Å². The second kappa shape index (κ2) is 6.73. The molecule has 0 aliphatic carbocycles. The van der Waals surface area contributed by atoms with Gasteiger partial charge in [0.05, 0.1) is 5.03 Å². The Kier molecular flexibility index (Phi) is 5.00. The van der Waals surface area contributed by atoms with Crippen molar-refractivity contribution in [2.24, 2.45) is 0 Å². The molecule has 1 heterocycles. The molecule has 1 N–H and O–H groups in total. The van der Waals surface area contributed by atoms with Gasteiger partial charge < -0.3 is 5.32 Å². The predicted molar refractivity (Wildman–Crippen MR) is 82.7 cm³/mol. The normalized spacial score (nSPS) is 12.4. The molecule has 0 saturated carbocycles. The number of hydrogen-bond acceptors (Lipinski definition) is 3. The van der Waals surface area contributed by atoms with Crippen molar-refractivity contribution >= 4 is 11.8 Å². The van der Waals surface area contributed by atoms with Gasteiger partial charge in [0.2, 0.25) is 0 Å². The number of nitrogens with one attached hydrogen (secondary N) is 1. The van der Waals surface area contributed by atoms with E-state index < -0.39 is 0 Å². The molecule has 1 unspecified atom stereocenters. The molecule has 2 nitrogen and oxygen atoms in total. The molecule has 3 heteroatoms. The average Bonchev–Trinajstić information content (AvgIpc) is 2.44. The van der Waals surface area contributed by atoms with Gasteiger partial charge >= 0.3 is 0 Å². The lowest BCUT2D eigenvalue weighted by Crippen LogP contribution is -2.20. The molecule has 1 aromatic carbocycles. The maximum Gasteiger partial charge on any atom is 0.0960 e. The Bertz CT molecular complexity index is 526. The van der Waals surface area contributed by atoms with Crippen LogP contribution in [0.3, 0.4) is 0 Å². The van der Waals surface area contributed by atoms with E-state index in [9.17, 15) is 0 Å². The van der Waals surface area contributed by atoms with Crippen LogP contribution in [-0.2, 0) is 0 Å². The van der Waals surface area contributed by atoms with Crippen molar-refractivity contribution in [3.8, 4) is 0 Å². The Hall–Kier alpha value is -1.32. The predicted octanol–water partition coefficient (Wildman–Crippen LogP) is 3.75. The molecule has 100 valence electrons. The fourth-order valence-corrected chi connectivity index (χ4v) is 3.06. The third-order valence-corrected chi connectivity index (χ3v) is 4.23. The molecule has 0 fully saturated rings. The van der Waals surface area contributed by atoms with E-state index in [1.165, 1.54) is 16.7 Å². The number of nitrogens with zero attached hydrogens (tertiary/aromatic N) is 1. The van der Waals surface area contributed by atoms with Gasteiger partial charge in [-0.1, -0.05) is 29.8 Å². The first-order valence-electron chi connectivity index (χ1n) is 6.49. The molecule has 2 aromatic rings. The molecule has 0 bridgehead atoms. The van der Waals surface area contributed by atoms with Crippen LogP contribution in [0, 0.1) is 13.8 Å². The minimum atomic E-state index is 0.354. The average molecular weight is 272 g/mol. The summed E-state index contributed by atoms with van der Waals surface area (Å²) in [6.45, 7) is 4.31. The van der Waals surface area contributed by atoms with Crippen molar-refractivity contribution in [1.82, 2.24) is 10.3 Å². The zero-order chi connectivity index (χ0) is 13.7. The molecule has 2 rings (SSSR count). The zero-order valence-electron chi connectivity index (χ0n) is 11.7. The summed E-state index contributed by atoms with van der Waals surface area (Å²) in [5.41, 5.74) is 4.03. The summed E-state index contributed by atoms with van der Waals surface area (Å²) in [4.78, 5) is 4.35. The van der Waals surface area contributed by atoms with Crippen LogP contribution in [0.15, 0.2) is 47.6 Å². The third-order valence-electron chi connectivity index (χ3n) is 3.19. The highest BCUT2D eigenvalue weighted by Crippen LogP contribution is 2.25. The molecule has 0 aliphatic heterocycles. The molecular weight excluding hydrogens is 252 g/mol. The van der Waals surface area contributed by atoms with Crippen LogP contribution in [0.1, 0.15) is 22.7 Å². The molecule has 0 saturated heterocycles. The summed E-state index contributed by atoms with van der Waals surface area (Å²) in [7, 11) is 2.02. The maximum atomic E-state index is 4.35. The number of aryl methyl sites for hydroxylation is 2. The Morgan fingerprint density at radius 2 is 2.05 bits per heavy atom. The van der Waals surface area contributed by atoms with Crippen LogP contribution in [0.25, 0.3) is 0 Å². The van der Waals surface area contributed by atoms with Gasteiger partial charge in [0.1, 0.15) is 0 Å². The summed E-state index contributed by atoms with van der Waals surface area (Å²) in [5.74, 6) is 0.984. The molecule has 0 aliphatic rings. The van der Waals surface area contributed by atoms with E-state index in [4.69, 9.17) is 0 Å². The third kappa shape index (κ3) is 3.82. The fraction of sp³-hybridized carbons (Fsp3) is 0.312. The number of pyridine rings is 1. The minimum absolute atomic E-state index is 0.354. The van der Waals surface area contributed by atoms with Crippen molar-refractivity contribution in [3.05, 3.63) is 59.3 Å². The summed E-state index contributed by atoms with van der Waals surface area (Å²) >= 11 is 1.79. The van der Waals surface area contributed by atoms with E-state index in [1.807, 2.05) is 25.4 Å². The fourth-order valence-electron chi connectivity index (χ4n) is 2.07. The van der Waals surface area contributed by atoms with Crippen LogP contribution in [-0.4, -0.2) is 17.8 Å². The molecule has 0 spiro atoms. The van der Waals surface area contributed by atoms with Crippen LogP contribution >= 0.6 is 11.8 Å². The lowest BCUT2D eigenvalue weighted by Gasteiger charge is -2.19. The van der Waals surface area contributed by atoms with E-state index >= 15 is 0 Å². The van der Waals surface area contributed by atoms with Gasteiger partial charge in [-0.15, -0.1) is 11.8 Å². The molecule has 19 heavy (non-hydrogen) atoms. The van der Waals surface area contributed by atoms with Crippen molar-refractivity contribution in [3.63, 3.8) is 0 Å². The first kappa shape index (κ1) is 14.1. The molecular formula is C16H20N2S. The van der Waals surface area contributed by atoms with Crippen LogP contribution in [0.2, 0.25) is 0 Å². The summed E-state index contributed by atoms with van der Waals surface area (Å²) in [6.07, 6.45) is 1.84. The van der Waals surface area contributed by atoms with E-state index in [0.717, 1.165) is 10.8 Å². The van der Waals surface area contributed by atoms with E-state index in [-0.39, 0.29) is 0 Å². The summed E-state index contributed by atoms with van der Waals surface area (Å²) < 4.78 is 0. The van der Waals surface area contributed by atoms with Crippen LogP contribution < -0.4 is 5.32 Å². The highest BCUT2D eigenvalue weighted by molar-refractivity contribution is 7.99. The smallest absolute Gasteiger partial charge is 0.0960 e. The molecule has 1 atom stereocenters. The van der Waals surface area contributed by atoms with Crippen molar-refractivity contribution in [1.29, 1.82) is 0 Å². The van der Waals surface area contributed by atoms with E-state index in [2.05, 4.69) is 48.4 Å². The number of benzene rings is 1. The maximum absolute atomic E-state index is 4.35. The van der Waals surface area contributed by atoms with Crippen LogP contribution in [0.4, 0.5) is 0 Å². The molecule has 1 aromatic heterocycles. The van der Waals surface area contributed by atoms with Gasteiger partial charge in [0.15, 0.2) is 0 Å². The Morgan fingerprint density at radius 3 is 2.74 bits per heavy atom. The second-order valence-electron chi connectivity index (χ2n) is 4.68. The van der Waals surface area contributed by atoms with Gasteiger partial charge in [0, 0.05) is 18.0 Å². The Morgan fingerprint density at radius 1 is 1.21 bits per heavy atom. The largest absolute Gasteiger partial charge is 0.312 e. The summed E-state index contributed by atoms with van der Waals surface area (Å²) in [6, 6.07) is 13.0. The quantitative estimate of drug-likeness (QED) is 0.839. The van der Waals surface area contributed by atoms with E-state index in [0.29, 0.717) is 6.04 Å². The van der Waals surface area contributed by atoms with Gasteiger partial charge in [-0.05, 0) is 44.2 Å². The second-order valence-corrected chi connectivity index (χ2v) is 5.72. The first-order chi connectivity index (χ1) is 9.20. The summed E-state index contributed by atoms with van der Waals surface area (Å²) in [5, 5.41) is 4.48.